The lowest BCUT2D eigenvalue weighted by Gasteiger charge is -2.29. The van der Waals surface area contributed by atoms with Crippen molar-refractivity contribution >= 4 is 37.8 Å². The maximum atomic E-state index is 12.3. The monoisotopic (exact) mass is 455 g/mol. The molecule has 2 aromatic carbocycles. The molecule has 0 radical (unpaired) electrons. The minimum absolute atomic E-state index is 0.0947. The van der Waals surface area contributed by atoms with Crippen LogP contribution in [0.4, 0.5) is 0 Å². The van der Waals surface area contributed by atoms with Gasteiger partial charge in [0.25, 0.3) is 5.91 Å². The number of amides is 1. The first-order valence-corrected chi connectivity index (χ1v) is 9.05. The highest BCUT2D eigenvalue weighted by molar-refractivity contribution is 9.11. The molecule has 0 bridgehead atoms. The molecule has 1 amide bonds. The van der Waals surface area contributed by atoms with Gasteiger partial charge >= 0.3 is 0 Å². The van der Waals surface area contributed by atoms with Crippen LogP contribution in [-0.4, -0.2) is 35.6 Å². The van der Waals surface area contributed by atoms with E-state index in [1.165, 1.54) is 4.90 Å². The van der Waals surface area contributed by atoms with Crippen molar-refractivity contribution in [3.05, 3.63) is 63.0 Å². The summed E-state index contributed by atoms with van der Waals surface area (Å²) >= 11 is 6.77. The molecule has 0 aliphatic carbocycles. The number of ether oxygens (including phenoxy) is 1. The van der Waals surface area contributed by atoms with Crippen LogP contribution in [0.2, 0.25) is 0 Å². The Hall–Kier alpha value is -1.37. The SMILES string of the molecule is CC(C(O)c1ccccc1)N(C)C(=O)COc1ccc(Br)cc1Br. The first kappa shape index (κ1) is 19.0. The molecule has 0 saturated carbocycles. The molecule has 4 nitrogen and oxygen atoms in total. The topological polar surface area (TPSA) is 49.8 Å². The number of nitrogens with zero attached hydrogens (tertiary/aromatic N) is 1. The summed E-state index contributed by atoms with van der Waals surface area (Å²) in [7, 11) is 1.67. The molecule has 1 N–H and O–H groups in total. The Bertz CT molecular complexity index is 694. The fourth-order valence-corrected chi connectivity index (χ4v) is 3.36. The van der Waals surface area contributed by atoms with Gasteiger partial charge in [-0.05, 0) is 46.6 Å². The predicted molar refractivity (Wildman–Crippen MR) is 101 cm³/mol. The number of carbonyl (C=O) groups is 1. The maximum absolute atomic E-state index is 12.3. The summed E-state index contributed by atoms with van der Waals surface area (Å²) in [5, 5.41) is 10.4. The molecular weight excluding hydrogens is 438 g/mol. The Morgan fingerprint density at radius 1 is 1.21 bits per heavy atom. The molecule has 24 heavy (non-hydrogen) atoms. The van der Waals surface area contributed by atoms with Gasteiger partial charge in [0, 0.05) is 11.5 Å². The van der Waals surface area contributed by atoms with E-state index in [1.54, 1.807) is 13.1 Å². The van der Waals surface area contributed by atoms with Gasteiger partial charge in [-0.2, -0.15) is 0 Å². The van der Waals surface area contributed by atoms with Crippen LogP contribution >= 0.6 is 31.9 Å². The van der Waals surface area contributed by atoms with E-state index < -0.39 is 6.10 Å². The van der Waals surface area contributed by atoms with E-state index in [0.717, 1.165) is 14.5 Å². The molecule has 0 fully saturated rings. The third-order valence-corrected chi connectivity index (χ3v) is 4.96. The van der Waals surface area contributed by atoms with Crippen molar-refractivity contribution in [3.63, 3.8) is 0 Å². The van der Waals surface area contributed by atoms with Crippen molar-refractivity contribution in [3.8, 4) is 5.75 Å². The molecule has 0 aromatic heterocycles. The second kappa shape index (κ2) is 8.65. The van der Waals surface area contributed by atoms with Crippen LogP contribution in [-0.2, 0) is 4.79 Å². The fourth-order valence-electron chi connectivity index (χ4n) is 2.20. The van der Waals surface area contributed by atoms with Gasteiger partial charge in [0.05, 0.1) is 16.6 Å². The lowest BCUT2D eigenvalue weighted by atomic mass is 10.0. The molecule has 0 heterocycles. The van der Waals surface area contributed by atoms with Crippen LogP contribution in [0.3, 0.4) is 0 Å². The van der Waals surface area contributed by atoms with E-state index in [4.69, 9.17) is 4.74 Å². The lowest BCUT2D eigenvalue weighted by Crippen LogP contribution is -2.41. The second-order valence-corrected chi connectivity index (χ2v) is 7.23. The first-order valence-electron chi connectivity index (χ1n) is 7.46. The van der Waals surface area contributed by atoms with Gasteiger partial charge in [-0.25, -0.2) is 0 Å². The van der Waals surface area contributed by atoms with Gasteiger partial charge in [0.1, 0.15) is 5.75 Å². The van der Waals surface area contributed by atoms with Crippen molar-refractivity contribution in [2.45, 2.75) is 19.1 Å². The minimum Gasteiger partial charge on any atom is -0.483 e. The third kappa shape index (κ3) is 4.82. The number of carbonyl (C=O) groups excluding carboxylic acids is 1. The molecule has 0 aliphatic rings. The zero-order valence-corrected chi connectivity index (χ0v) is 16.6. The number of aliphatic hydroxyl groups excluding tert-OH is 1. The summed E-state index contributed by atoms with van der Waals surface area (Å²) in [5.74, 6) is 0.392. The van der Waals surface area contributed by atoms with Crippen molar-refractivity contribution < 1.29 is 14.6 Å². The average molecular weight is 457 g/mol. The summed E-state index contributed by atoms with van der Waals surface area (Å²) < 4.78 is 7.26. The normalized spacial score (nSPS) is 13.2. The molecule has 0 spiro atoms. The van der Waals surface area contributed by atoms with Gasteiger partial charge in [0.2, 0.25) is 0 Å². The Morgan fingerprint density at radius 3 is 2.50 bits per heavy atom. The second-order valence-electron chi connectivity index (χ2n) is 5.46. The molecular formula is C18H19Br2NO3. The van der Waals surface area contributed by atoms with Crippen molar-refractivity contribution in [2.75, 3.05) is 13.7 Å². The highest BCUT2D eigenvalue weighted by Gasteiger charge is 2.24. The number of aliphatic hydroxyl groups is 1. The summed E-state index contributed by atoms with van der Waals surface area (Å²) in [6.07, 6.45) is -0.750. The maximum Gasteiger partial charge on any atom is 0.260 e. The van der Waals surface area contributed by atoms with Crippen LogP contribution < -0.4 is 4.74 Å². The van der Waals surface area contributed by atoms with Crippen molar-refractivity contribution in [1.82, 2.24) is 4.90 Å². The van der Waals surface area contributed by atoms with Crippen LogP contribution in [0.1, 0.15) is 18.6 Å². The van der Waals surface area contributed by atoms with Gasteiger partial charge in [-0.15, -0.1) is 0 Å². The Kier molecular flexibility index (Phi) is 6.83. The number of hydrogen-bond acceptors (Lipinski definition) is 3. The van der Waals surface area contributed by atoms with E-state index in [0.29, 0.717) is 5.75 Å². The van der Waals surface area contributed by atoms with Crippen LogP contribution in [0.5, 0.6) is 5.75 Å². The van der Waals surface area contributed by atoms with Gasteiger partial charge in [0.15, 0.2) is 6.61 Å². The van der Waals surface area contributed by atoms with E-state index >= 15 is 0 Å². The predicted octanol–water partition coefficient (Wildman–Crippen LogP) is 4.17. The van der Waals surface area contributed by atoms with E-state index in [1.807, 2.05) is 49.4 Å². The summed E-state index contributed by atoms with van der Waals surface area (Å²) in [4.78, 5) is 13.8. The largest absolute Gasteiger partial charge is 0.483 e. The number of rotatable bonds is 6. The van der Waals surface area contributed by atoms with Crippen molar-refractivity contribution in [2.24, 2.45) is 0 Å². The Balaban J connectivity index is 1.96. The Labute approximate surface area is 158 Å². The smallest absolute Gasteiger partial charge is 0.260 e. The highest BCUT2D eigenvalue weighted by Crippen LogP contribution is 2.28. The lowest BCUT2D eigenvalue weighted by molar-refractivity contribution is -0.136. The van der Waals surface area contributed by atoms with Crippen LogP contribution in [0.15, 0.2) is 57.5 Å². The molecule has 2 aromatic rings. The molecule has 0 aliphatic heterocycles. The molecule has 2 atom stereocenters. The zero-order chi connectivity index (χ0) is 17.7. The quantitative estimate of drug-likeness (QED) is 0.709. The average Bonchev–Trinajstić information content (AvgIpc) is 2.59. The highest BCUT2D eigenvalue weighted by atomic mass is 79.9. The molecule has 6 heteroatoms. The Morgan fingerprint density at radius 2 is 1.88 bits per heavy atom. The fraction of sp³-hybridized carbons (Fsp3) is 0.278. The molecule has 2 rings (SSSR count). The van der Waals surface area contributed by atoms with Gasteiger partial charge in [-0.3, -0.25) is 4.79 Å². The van der Waals surface area contributed by atoms with E-state index in [2.05, 4.69) is 31.9 Å². The number of likely N-dealkylation sites (N-methyl/N-ethyl adjacent to an activating group) is 1. The van der Waals surface area contributed by atoms with Gasteiger partial charge < -0.3 is 14.7 Å². The minimum atomic E-state index is -0.750. The van der Waals surface area contributed by atoms with Crippen molar-refractivity contribution in [1.29, 1.82) is 0 Å². The number of halogens is 2. The van der Waals surface area contributed by atoms with Crippen LogP contribution in [0.25, 0.3) is 0 Å². The molecule has 128 valence electrons. The standard InChI is InChI=1S/C18H19Br2NO3/c1-12(18(23)13-6-4-3-5-7-13)21(2)17(22)11-24-16-9-8-14(19)10-15(16)20/h3-10,12,18,23H,11H2,1-2H3. The molecule has 2 unspecified atom stereocenters. The van der Waals surface area contributed by atoms with Crippen LogP contribution in [0, 0.1) is 0 Å². The number of hydrogen-bond donors (Lipinski definition) is 1. The third-order valence-electron chi connectivity index (χ3n) is 3.85. The first-order chi connectivity index (χ1) is 11.4. The molecule has 0 saturated heterocycles. The van der Waals surface area contributed by atoms with Gasteiger partial charge in [-0.1, -0.05) is 46.3 Å². The van der Waals surface area contributed by atoms with E-state index in [-0.39, 0.29) is 18.6 Å². The van der Waals surface area contributed by atoms with E-state index in [9.17, 15) is 9.90 Å². The zero-order valence-electron chi connectivity index (χ0n) is 13.4. The number of benzene rings is 2. The summed E-state index contributed by atoms with van der Waals surface area (Å²) in [6, 6.07) is 14.4. The summed E-state index contributed by atoms with van der Waals surface area (Å²) in [6.45, 7) is 1.72. The summed E-state index contributed by atoms with van der Waals surface area (Å²) in [5.41, 5.74) is 0.779.